The molecular formula is C17H22N4O2. The van der Waals surface area contributed by atoms with Crippen LogP contribution in [0.4, 0.5) is 5.69 Å². The highest BCUT2D eigenvalue weighted by molar-refractivity contribution is 5.92. The molecule has 0 spiro atoms. The molecule has 0 unspecified atom stereocenters. The predicted octanol–water partition coefficient (Wildman–Crippen LogP) is 2.87. The molecule has 1 aromatic heterocycles. The second-order valence-corrected chi connectivity index (χ2v) is 6.26. The number of ether oxygens (including phenoxy) is 1. The van der Waals surface area contributed by atoms with E-state index in [1.807, 2.05) is 49.7 Å². The quantitative estimate of drug-likeness (QED) is 0.890. The minimum atomic E-state index is -0.0393. The van der Waals surface area contributed by atoms with Crippen LogP contribution in [-0.2, 0) is 18.4 Å². The van der Waals surface area contributed by atoms with Crippen molar-refractivity contribution in [1.82, 2.24) is 14.8 Å². The van der Waals surface area contributed by atoms with E-state index in [1.54, 1.807) is 0 Å². The van der Waals surface area contributed by atoms with E-state index in [1.165, 1.54) is 12.8 Å². The molecular weight excluding hydrogens is 292 g/mol. The van der Waals surface area contributed by atoms with Crippen molar-refractivity contribution in [3.05, 3.63) is 35.9 Å². The van der Waals surface area contributed by atoms with Gasteiger partial charge in [0.2, 0.25) is 5.91 Å². The number of aromatic nitrogens is 3. The Labute approximate surface area is 135 Å². The Morgan fingerprint density at radius 1 is 1.30 bits per heavy atom. The van der Waals surface area contributed by atoms with Gasteiger partial charge in [-0.25, -0.2) is 0 Å². The van der Waals surface area contributed by atoms with Crippen LogP contribution in [0.15, 0.2) is 24.3 Å². The molecule has 0 aliphatic heterocycles. The second kappa shape index (κ2) is 6.40. The molecule has 0 radical (unpaired) electrons. The molecule has 1 fully saturated rings. The van der Waals surface area contributed by atoms with Gasteiger partial charge in [-0.1, -0.05) is 13.8 Å². The van der Waals surface area contributed by atoms with Crippen LogP contribution in [0.25, 0.3) is 0 Å². The van der Waals surface area contributed by atoms with Crippen LogP contribution < -0.4 is 10.1 Å². The van der Waals surface area contributed by atoms with Gasteiger partial charge in [0, 0.05) is 24.6 Å². The summed E-state index contributed by atoms with van der Waals surface area (Å²) in [6, 6.07) is 7.35. The Kier molecular flexibility index (Phi) is 4.32. The minimum absolute atomic E-state index is 0.00496. The van der Waals surface area contributed by atoms with Gasteiger partial charge in [-0.05, 0) is 37.1 Å². The molecule has 6 heteroatoms. The highest BCUT2D eigenvalue weighted by atomic mass is 16.5. The van der Waals surface area contributed by atoms with E-state index in [4.69, 9.17) is 4.74 Å². The third kappa shape index (κ3) is 3.70. The smallest absolute Gasteiger partial charge is 0.226 e. The van der Waals surface area contributed by atoms with Crippen molar-refractivity contribution < 1.29 is 9.53 Å². The molecule has 1 N–H and O–H groups in total. The molecule has 0 atom stereocenters. The van der Waals surface area contributed by atoms with Crippen molar-refractivity contribution in [3.63, 3.8) is 0 Å². The first kappa shape index (κ1) is 15.5. The van der Waals surface area contributed by atoms with E-state index < -0.39 is 0 Å². The van der Waals surface area contributed by atoms with E-state index in [0.717, 1.165) is 23.1 Å². The van der Waals surface area contributed by atoms with Crippen molar-refractivity contribution in [2.45, 2.75) is 39.2 Å². The van der Waals surface area contributed by atoms with Crippen LogP contribution in [0.2, 0.25) is 0 Å². The maximum absolute atomic E-state index is 11.6. The average molecular weight is 314 g/mol. The molecule has 1 aliphatic rings. The lowest BCUT2D eigenvalue weighted by molar-refractivity contribution is -0.118. The SMILES string of the molecule is CC(C)C(=O)Nc1ccc(OCc2nnc(C3CC3)n2C)cc1. The van der Waals surface area contributed by atoms with Gasteiger partial charge in [0.05, 0.1) is 0 Å². The van der Waals surface area contributed by atoms with Crippen LogP contribution in [0.3, 0.4) is 0 Å². The Morgan fingerprint density at radius 2 is 2.00 bits per heavy atom. The molecule has 1 amide bonds. The summed E-state index contributed by atoms with van der Waals surface area (Å²) in [5.74, 6) is 3.15. The molecule has 1 heterocycles. The van der Waals surface area contributed by atoms with Gasteiger partial charge in [-0.2, -0.15) is 0 Å². The number of hydrogen-bond acceptors (Lipinski definition) is 4. The summed E-state index contributed by atoms with van der Waals surface area (Å²) in [6.45, 7) is 4.11. The maximum atomic E-state index is 11.6. The van der Waals surface area contributed by atoms with Gasteiger partial charge in [0.25, 0.3) is 0 Å². The first-order valence-corrected chi connectivity index (χ1v) is 7.96. The molecule has 3 rings (SSSR count). The number of anilines is 1. The standard InChI is InChI=1S/C17H22N4O2/c1-11(2)17(22)18-13-6-8-14(9-7-13)23-10-15-19-20-16(21(15)3)12-4-5-12/h6-9,11-12H,4-5,10H2,1-3H3,(H,18,22). The number of benzene rings is 1. The van der Waals surface area contributed by atoms with Crippen LogP contribution >= 0.6 is 0 Å². The molecule has 2 aromatic rings. The fourth-order valence-corrected chi connectivity index (χ4v) is 2.27. The number of hydrogen-bond donors (Lipinski definition) is 1. The van der Waals surface area contributed by atoms with Crippen LogP contribution in [0.5, 0.6) is 5.75 Å². The Bertz CT molecular complexity index is 687. The third-order valence-corrected chi connectivity index (χ3v) is 3.96. The van der Waals surface area contributed by atoms with Crippen molar-refractivity contribution >= 4 is 11.6 Å². The van der Waals surface area contributed by atoms with Crippen LogP contribution in [-0.4, -0.2) is 20.7 Å². The Morgan fingerprint density at radius 3 is 2.61 bits per heavy atom. The fraction of sp³-hybridized carbons (Fsp3) is 0.471. The Balaban J connectivity index is 1.57. The summed E-state index contributed by atoms with van der Waals surface area (Å²) < 4.78 is 7.78. The summed E-state index contributed by atoms with van der Waals surface area (Å²) >= 11 is 0. The number of rotatable bonds is 6. The number of nitrogens with one attached hydrogen (secondary N) is 1. The summed E-state index contributed by atoms with van der Waals surface area (Å²) in [4.78, 5) is 11.6. The fourth-order valence-electron chi connectivity index (χ4n) is 2.27. The van der Waals surface area contributed by atoms with Gasteiger partial charge in [-0.3, -0.25) is 4.79 Å². The lowest BCUT2D eigenvalue weighted by Gasteiger charge is -2.09. The van der Waals surface area contributed by atoms with Crippen LogP contribution in [0.1, 0.15) is 44.3 Å². The first-order valence-electron chi connectivity index (χ1n) is 7.96. The van der Waals surface area contributed by atoms with Gasteiger partial charge >= 0.3 is 0 Å². The molecule has 0 bridgehead atoms. The zero-order valence-electron chi connectivity index (χ0n) is 13.7. The van der Waals surface area contributed by atoms with Gasteiger partial charge in [0.15, 0.2) is 5.82 Å². The summed E-state index contributed by atoms with van der Waals surface area (Å²) in [7, 11) is 1.98. The Hall–Kier alpha value is -2.37. The van der Waals surface area contributed by atoms with E-state index in [2.05, 4.69) is 15.5 Å². The van der Waals surface area contributed by atoms with Gasteiger partial charge in [0.1, 0.15) is 18.2 Å². The molecule has 1 aliphatic carbocycles. The lowest BCUT2D eigenvalue weighted by Crippen LogP contribution is -2.17. The lowest BCUT2D eigenvalue weighted by atomic mass is 10.2. The average Bonchev–Trinajstić information content (AvgIpc) is 3.30. The molecule has 122 valence electrons. The zero-order chi connectivity index (χ0) is 16.4. The molecule has 1 aromatic carbocycles. The van der Waals surface area contributed by atoms with Crippen molar-refractivity contribution in [2.24, 2.45) is 13.0 Å². The third-order valence-electron chi connectivity index (χ3n) is 3.96. The van der Waals surface area contributed by atoms with E-state index in [-0.39, 0.29) is 11.8 Å². The number of carbonyl (C=O) groups excluding carboxylic acids is 1. The topological polar surface area (TPSA) is 69.0 Å². The summed E-state index contributed by atoms with van der Waals surface area (Å²) in [5, 5.41) is 11.3. The summed E-state index contributed by atoms with van der Waals surface area (Å²) in [5.41, 5.74) is 0.769. The molecule has 23 heavy (non-hydrogen) atoms. The molecule has 1 saturated carbocycles. The first-order chi connectivity index (χ1) is 11.0. The highest BCUT2D eigenvalue weighted by Crippen LogP contribution is 2.38. The zero-order valence-corrected chi connectivity index (χ0v) is 13.7. The number of carbonyl (C=O) groups is 1. The summed E-state index contributed by atoms with van der Waals surface area (Å²) in [6.07, 6.45) is 2.41. The van der Waals surface area contributed by atoms with E-state index in [0.29, 0.717) is 12.5 Å². The van der Waals surface area contributed by atoms with Gasteiger partial charge < -0.3 is 14.6 Å². The van der Waals surface area contributed by atoms with Crippen molar-refractivity contribution in [2.75, 3.05) is 5.32 Å². The minimum Gasteiger partial charge on any atom is -0.486 e. The maximum Gasteiger partial charge on any atom is 0.226 e. The predicted molar refractivity (Wildman–Crippen MR) is 87.2 cm³/mol. The van der Waals surface area contributed by atoms with E-state index in [9.17, 15) is 4.79 Å². The van der Waals surface area contributed by atoms with Crippen LogP contribution in [0, 0.1) is 5.92 Å². The molecule has 0 saturated heterocycles. The molecule has 6 nitrogen and oxygen atoms in total. The highest BCUT2D eigenvalue weighted by Gasteiger charge is 2.29. The second-order valence-electron chi connectivity index (χ2n) is 6.26. The number of amides is 1. The van der Waals surface area contributed by atoms with E-state index >= 15 is 0 Å². The monoisotopic (exact) mass is 314 g/mol. The number of nitrogens with zero attached hydrogens (tertiary/aromatic N) is 3. The van der Waals surface area contributed by atoms with Gasteiger partial charge in [-0.15, -0.1) is 10.2 Å². The normalized spacial score (nSPS) is 14.1. The van der Waals surface area contributed by atoms with Crippen molar-refractivity contribution in [1.29, 1.82) is 0 Å². The largest absolute Gasteiger partial charge is 0.486 e. The van der Waals surface area contributed by atoms with Crippen molar-refractivity contribution in [3.8, 4) is 5.75 Å².